The molecule has 1 aromatic carbocycles. The van der Waals surface area contributed by atoms with E-state index in [2.05, 4.69) is 0 Å². The number of carbonyl (C=O) groups is 1. The smallest absolute Gasteiger partial charge is 0.338 e. The molecule has 0 bridgehead atoms. The molecule has 3 unspecified atom stereocenters. The van der Waals surface area contributed by atoms with Crippen molar-refractivity contribution in [2.75, 3.05) is 13.7 Å². The standard InChI is InChI=1S/C13H16O5/c1-16-11-7-10(18-13(11)15)8-17-12(14)9-5-3-2-4-6-9/h2-6,10-11,13,15H,7-8H2,1H3. The number of benzene rings is 1. The number of aliphatic hydroxyl groups is 1. The molecule has 1 aliphatic rings. The van der Waals surface area contributed by atoms with Gasteiger partial charge >= 0.3 is 5.97 Å². The van der Waals surface area contributed by atoms with E-state index >= 15 is 0 Å². The van der Waals surface area contributed by atoms with Gasteiger partial charge in [0, 0.05) is 13.5 Å². The molecule has 1 aromatic rings. The molecule has 5 nitrogen and oxygen atoms in total. The summed E-state index contributed by atoms with van der Waals surface area (Å²) in [5, 5.41) is 9.45. The van der Waals surface area contributed by atoms with Crippen LogP contribution >= 0.6 is 0 Å². The van der Waals surface area contributed by atoms with Crippen LogP contribution in [0.4, 0.5) is 0 Å². The first kappa shape index (κ1) is 13.0. The zero-order valence-corrected chi connectivity index (χ0v) is 10.1. The number of rotatable bonds is 4. The summed E-state index contributed by atoms with van der Waals surface area (Å²) in [5.74, 6) is -0.394. The van der Waals surface area contributed by atoms with Crippen LogP contribution in [0.15, 0.2) is 30.3 Å². The van der Waals surface area contributed by atoms with E-state index in [9.17, 15) is 9.90 Å². The molecule has 98 valence electrons. The van der Waals surface area contributed by atoms with Crippen molar-refractivity contribution in [2.45, 2.75) is 24.9 Å². The van der Waals surface area contributed by atoms with Gasteiger partial charge in [0.2, 0.25) is 0 Å². The maximum atomic E-state index is 11.7. The summed E-state index contributed by atoms with van der Waals surface area (Å²) in [6.45, 7) is 0.116. The number of methoxy groups -OCH3 is 1. The fourth-order valence-corrected chi connectivity index (χ4v) is 1.86. The van der Waals surface area contributed by atoms with Crippen LogP contribution in [-0.2, 0) is 14.2 Å². The molecule has 1 N–H and O–H groups in total. The average molecular weight is 252 g/mol. The maximum Gasteiger partial charge on any atom is 0.338 e. The Balaban J connectivity index is 1.81. The molecule has 1 aliphatic heterocycles. The lowest BCUT2D eigenvalue weighted by molar-refractivity contribution is -0.140. The van der Waals surface area contributed by atoms with Gasteiger partial charge in [-0.3, -0.25) is 0 Å². The molecule has 1 heterocycles. The molecule has 1 saturated heterocycles. The monoisotopic (exact) mass is 252 g/mol. The second-order valence-corrected chi connectivity index (χ2v) is 4.12. The number of ether oxygens (including phenoxy) is 3. The van der Waals surface area contributed by atoms with Crippen LogP contribution < -0.4 is 0 Å². The number of hydrogen-bond donors (Lipinski definition) is 1. The van der Waals surface area contributed by atoms with E-state index in [4.69, 9.17) is 14.2 Å². The molecule has 0 spiro atoms. The van der Waals surface area contributed by atoms with Gasteiger partial charge in [0.05, 0.1) is 11.7 Å². The van der Waals surface area contributed by atoms with E-state index in [1.165, 1.54) is 7.11 Å². The van der Waals surface area contributed by atoms with Crippen molar-refractivity contribution in [3.05, 3.63) is 35.9 Å². The number of carbonyl (C=O) groups excluding carboxylic acids is 1. The largest absolute Gasteiger partial charge is 0.459 e. The van der Waals surface area contributed by atoms with Gasteiger partial charge in [-0.1, -0.05) is 18.2 Å². The molecule has 0 saturated carbocycles. The average Bonchev–Trinajstić information content (AvgIpc) is 2.77. The molecular formula is C13H16O5. The lowest BCUT2D eigenvalue weighted by Crippen LogP contribution is -2.22. The van der Waals surface area contributed by atoms with Gasteiger partial charge in [0.25, 0.3) is 0 Å². The van der Waals surface area contributed by atoms with Crippen molar-refractivity contribution in [2.24, 2.45) is 0 Å². The van der Waals surface area contributed by atoms with E-state index < -0.39 is 12.3 Å². The molecule has 1 fully saturated rings. The second-order valence-electron chi connectivity index (χ2n) is 4.12. The van der Waals surface area contributed by atoms with Crippen molar-refractivity contribution in [3.63, 3.8) is 0 Å². The second kappa shape index (κ2) is 5.95. The Labute approximate surface area is 105 Å². The molecule has 2 rings (SSSR count). The predicted molar refractivity (Wildman–Crippen MR) is 63.0 cm³/mol. The first-order valence-corrected chi connectivity index (χ1v) is 5.79. The van der Waals surface area contributed by atoms with Crippen molar-refractivity contribution in [1.82, 2.24) is 0 Å². The Morgan fingerprint density at radius 2 is 2.17 bits per heavy atom. The van der Waals surface area contributed by atoms with Crippen LogP contribution in [0.3, 0.4) is 0 Å². The zero-order valence-electron chi connectivity index (χ0n) is 10.1. The van der Waals surface area contributed by atoms with Crippen molar-refractivity contribution < 1.29 is 24.1 Å². The van der Waals surface area contributed by atoms with Crippen molar-refractivity contribution in [3.8, 4) is 0 Å². The molecular weight excluding hydrogens is 236 g/mol. The van der Waals surface area contributed by atoms with Gasteiger partial charge in [-0.15, -0.1) is 0 Å². The molecule has 3 atom stereocenters. The van der Waals surface area contributed by atoms with Gasteiger partial charge in [-0.25, -0.2) is 4.79 Å². The summed E-state index contributed by atoms with van der Waals surface area (Å²) in [6.07, 6.45) is -1.11. The third-order valence-electron chi connectivity index (χ3n) is 2.86. The summed E-state index contributed by atoms with van der Waals surface area (Å²) < 4.78 is 15.4. The first-order chi connectivity index (χ1) is 8.70. The van der Waals surface area contributed by atoms with Gasteiger partial charge < -0.3 is 19.3 Å². The third-order valence-corrected chi connectivity index (χ3v) is 2.86. The maximum absolute atomic E-state index is 11.7. The highest BCUT2D eigenvalue weighted by Gasteiger charge is 2.34. The summed E-state index contributed by atoms with van der Waals surface area (Å²) in [7, 11) is 1.51. The molecule has 5 heteroatoms. The van der Waals surface area contributed by atoms with Gasteiger partial charge in [0.1, 0.15) is 12.7 Å². The number of hydrogen-bond acceptors (Lipinski definition) is 5. The molecule has 18 heavy (non-hydrogen) atoms. The summed E-state index contributed by atoms with van der Waals surface area (Å²) in [4.78, 5) is 11.7. The van der Waals surface area contributed by atoms with Crippen LogP contribution in [0.2, 0.25) is 0 Å². The lowest BCUT2D eigenvalue weighted by Gasteiger charge is -2.10. The quantitative estimate of drug-likeness (QED) is 0.809. The topological polar surface area (TPSA) is 65.0 Å². The molecule has 0 aromatic heterocycles. The summed E-state index contributed by atoms with van der Waals surface area (Å²) in [5.41, 5.74) is 0.499. The van der Waals surface area contributed by atoms with Crippen molar-refractivity contribution >= 4 is 5.97 Å². The normalized spacial score (nSPS) is 27.1. The van der Waals surface area contributed by atoms with Crippen LogP contribution in [-0.4, -0.2) is 43.3 Å². The summed E-state index contributed by atoms with van der Waals surface area (Å²) >= 11 is 0. The van der Waals surface area contributed by atoms with Gasteiger partial charge in [-0.2, -0.15) is 0 Å². The van der Waals surface area contributed by atoms with E-state index in [-0.39, 0.29) is 18.8 Å². The Bertz CT molecular complexity index is 392. The van der Waals surface area contributed by atoms with E-state index in [0.717, 1.165) is 0 Å². The predicted octanol–water partition coefficient (Wildman–Crippen LogP) is 0.966. The lowest BCUT2D eigenvalue weighted by atomic mass is 10.2. The number of esters is 1. The Morgan fingerprint density at radius 3 is 2.78 bits per heavy atom. The molecule has 0 radical (unpaired) electrons. The van der Waals surface area contributed by atoms with E-state index in [1.54, 1.807) is 24.3 Å². The SMILES string of the molecule is COC1CC(COC(=O)c2ccccc2)OC1O. The third kappa shape index (κ3) is 3.07. The highest BCUT2D eigenvalue weighted by atomic mass is 16.7. The van der Waals surface area contributed by atoms with Crippen LogP contribution in [0.5, 0.6) is 0 Å². The van der Waals surface area contributed by atoms with E-state index in [0.29, 0.717) is 12.0 Å². The fraction of sp³-hybridized carbons (Fsp3) is 0.462. The van der Waals surface area contributed by atoms with E-state index in [1.807, 2.05) is 6.07 Å². The minimum absolute atomic E-state index is 0.116. The Hall–Kier alpha value is -1.43. The minimum atomic E-state index is -0.949. The van der Waals surface area contributed by atoms with Crippen LogP contribution in [0, 0.1) is 0 Å². The highest BCUT2D eigenvalue weighted by molar-refractivity contribution is 5.89. The zero-order chi connectivity index (χ0) is 13.0. The van der Waals surface area contributed by atoms with Crippen LogP contribution in [0.25, 0.3) is 0 Å². The van der Waals surface area contributed by atoms with Crippen molar-refractivity contribution in [1.29, 1.82) is 0 Å². The highest BCUT2D eigenvalue weighted by Crippen LogP contribution is 2.21. The number of aliphatic hydroxyl groups excluding tert-OH is 1. The Kier molecular flexibility index (Phi) is 4.30. The van der Waals surface area contributed by atoms with Gasteiger partial charge in [-0.05, 0) is 12.1 Å². The fourth-order valence-electron chi connectivity index (χ4n) is 1.86. The van der Waals surface area contributed by atoms with Crippen LogP contribution in [0.1, 0.15) is 16.8 Å². The molecule has 0 amide bonds. The molecule has 0 aliphatic carbocycles. The summed E-state index contributed by atoms with van der Waals surface area (Å²) in [6, 6.07) is 8.74. The van der Waals surface area contributed by atoms with Gasteiger partial charge in [0.15, 0.2) is 6.29 Å². The first-order valence-electron chi connectivity index (χ1n) is 5.79. The Morgan fingerprint density at radius 1 is 1.44 bits per heavy atom. The minimum Gasteiger partial charge on any atom is -0.459 e.